The van der Waals surface area contributed by atoms with Crippen molar-refractivity contribution in [3.63, 3.8) is 0 Å². The van der Waals surface area contributed by atoms with Gasteiger partial charge in [0.05, 0.1) is 5.69 Å². The van der Waals surface area contributed by atoms with Crippen LogP contribution >= 0.6 is 11.8 Å². The van der Waals surface area contributed by atoms with Crippen LogP contribution in [0.4, 0.5) is 0 Å². The highest BCUT2D eigenvalue weighted by Gasteiger charge is 2.04. The van der Waals surface area contributed by atoms with Gasteiger partial charge in [-0.2, -0.15) is 11.8 Å². The number of Topliss-reactive ketones (excluding diaryl/α,β-unsaturated/α-hetero) is 1. The second-order valence-corrected chi connectivity index (χ2v) is 4.23. The standard InChI is InChI=1S/C10H15NOS/c1-3-13-8-7-11-6-4-5-10(11)9(2)12/h4-6H,3,7-8H2,1-2H3. The Morgan fingerprint density at radius 3 is 3.00 bits per heavy atom. The van der Waals surface area contributed by atoms with E-state index in [1.54, 1.807) is 6.92 Å². The maximum Gasteiger partial charge on any atom is 0.176 e. The van der Waals surface area contributed by atoms with Crippen molar-refractivity contribution in [2.24, 2.45) is 0 Å². The van der Waals surface area contributed by atoms with E-state index in [9.17, 15) is 4.79 Å². The van der Waals surface area contributed by atoms with Crippen molar-refractivity contribution >= 4 is 17.5 Å². The number of nitrogens with zero attached hydrogens (tertiary/aromatic N) is 1. The molecular formula is C10H15NOS. The molecule has 0 fully saturated rings. The predicted octanol–water partition coefficient (Wildman–Crippen LogP) is 2.44. The fourth-order valence-corrected chi connectivity index (χ4v) is 1.85. The minimum absolute atomic E-state index is 0.145. The van der Waals surface area contributed by atoms with Crippen molar-refractivity contribution in [1.82, 2.24) is 4.57 Å². The molecule has 0 saturated heterocycles. The van der Waals surface area contributed by atoms with Gasteiger partial charge in [0.25, 0.3) is 0 Å². The van der Waals surface area contributed by atoms with Crippen LogP contribution in [0.15, 0.2) is 18.3 Å². The van der Waals surface area contributed by atoms with Crippen molar-refractivity contribution in [3.8, 4) is 0 Å². The van der Waals surface area contributed by atoms with E-state index in [0.29, 0.717) is 0 Å². The molecule has 0 unspecified atom stereocenters. The van der Waals surface area contributed by atoms with Gasteiger partial charge in [0.1, 0.15) is 0 Å². The third-order valence-electron chi connectivity index (χ3n) is 1.87. The van der Waals surface area contributed by atoms with E-state index in [2.05, 4.69) is 6.92 Å². The van der Waals surface area contributed by atoms with Gasteiger partial charge in [-0.15, -0.1) is 0 Å². The van der Waals surface area contributed by atoms with E-state index < -0.39 is 0 Å². The number of thioether (sulfide) groups is 1. The fourth-order valence-electron chi connectivity index (χ4n) is 1.24. The van der Waals surface area contributed by atoms with Crippen LogP contribution in [-0.4, -0.2) is 21.9 Å². The summed E-state index contributed by atoms with van der Waals surface area (Å²) in [5.74, 6) is 2.36. The molecule has 0 bridgehead atoms. The first-order chi connectivity index (χ1) is 6.25. The Morgan fingerprint density at radius 1 is 1.62 bits per heavy atom. The molecule has 1 heterocycles. The van der Waals surface area contributed by atoms with Crippen LogP contribution in [0.5, 0.6) is 0 Å². The van der Waals surface area contributed by atoms with Gasteiger partial charge < -0.3 is 4.57 Å². The molecule has 0 aliphatic carbocycles. The van der Waals surface area contributed by atoms with E-state index in [-0.39, 0.29) is 5.78 Å². The Morgan fingerprint density at radius 2 is 2.38 bits per heavy atom. The maximum atomic E-state index is 11.1. The largest absolute Gasteiger partial charge is 0.344 e. The average molecular weight is 197 g/mol. The Kier molecular flexibility index (Phi) is 4.09. The van der Waals surface area contributed by atoms with Crippen LogP contribution < -0.4 is 0 Å². The monoisotopic (exact) mass is 197 g/mol. The molecule has 13 heavy (non-hydrogen) atoms. The Bertz CT molecular complexity index is 280. The van der Waals surface area contributed by atoms with Gasteiger partial charge in [-0.05, 0) is 17.9 Å². The molecule has 2 nitrogen and oxygen atoms in total. The van der Waals surface area contributed by atoms with Gasteiger partial charge in [-0.3, -0.25) is 4.79 Å². The van der Waals surface area contributed by atoms with Crippen molar-refractivity contribution in [3.05, 3.63) is 24.0 Å². The summed E-state index contributed by atoms with van der Waals surface area (Å²) >= 11 is 1.89. The highest BCUT2D eigenvalue weighted by molar-refractivity contribution is 7.99. The Balaban J connectivity index is 2.55. The third kappa shape index (κ3) is 2.92. The normalized spacial score (nSPS) is 10.3. The molecule has 0 spiro atoms. The van der Waals surface area contributed by atoms with Crippen LogP contribution in [0.2, 0.25) is 0 Å². The molecule has 1 aromatic rings. The van der Waals surface area contributed by atoms with Crippen LogP contribution in [-0.2, 0) is 6.54 Å². The zero-order valence-electron chi connectivity index (χ0n) is 8.12. The lowest BCUT2D eigenvalue weighted by molar-refractivity contribution is 0.100. The lowest BCUT2D eigenvalue weighted by atomic mass is 10.3. The minimum Gasteiger partial charge on any atom is -0.344 e. The zero-order chi connectivity index (χ0) is 9.68. The topological polar surface area (TPSA) is 22.0 Å². The molecule has 0 aliphatic heterocycles. The average Bonchev–Trinajstić information content (AvgIpc) is 2.53. The van der Waals surface area contributed by atoms with Gasteiger partial charge in [-0.1, -0.05) is 6.92 Å². The number of carbonyl (C=O) groups excluding carboxylic acids is 1. The number of rotatable bonds is 5. The van der Waals surface area contributed by atoms with Gasteiger partial charge in [0.2, 0.25) is 0 Å². The number of aromatic nitrogens is 1. The summed E-state index contributed by atoms with van der Waals surface area (Å²) in [4.78, 5) is 11.1. The number of hydrogen-bond donors (Lipinski definition) is 0. The lowest BCUT2D eigenvalue weighted by Crippen LogP contribution is -2.07. The third-order valence-corrected chi connectivity index (χ3v) is 2.75. The molecule has 0 aliphatic rings. The summed E-state index contributed by atoms with van der Waals surface area (Å²) in [7, 11) is 0. The highest BCUT2D eigenvalue weighted by atomic mass is 32.2. The molecule has 0 amide bonds. The van der Waals surface area contributed by atoms with E-state index in [1.165, 1.54) is 0 Å². The van der Waals surface area contributed by atoms with Crippen LogP contribution in [0.3, 0.4) is 0 Å². The van der Waals surface area contributed by atoms with E-state index in [1.807, 2.05) is 34.7 Å². The summed E-state index contributed by atoms with van der Waals surface area (Å²) < 4.78 is 2.02. The molecule has 1 aromatic heterocycles. The van der Waals surface area contributed by atoms with Crippen molar-refractivity contribution < 1.29 is 4.79 Å². The molecular weight excluding hydrogens is 182 g/mol. The van der Waals surface area contributed by atoms with E-state index >= 15 is 0 Å². The SMILES string of the molecule is CCSCCn1cccc1C(C)=O. The van der Waals surface area contributed by atoms with Crippen molar-refractivity contribution in [1.29, 1.82) is 0 Å². The number of ketones is 1. The van der Waals surface area contributed by atoms with Crippen LogP contribution in [0.25, 0.3) is 0 Å². The summed E-state index contributed by atoms with van der Waals surface area (Å²) in [6, 6.07) is 3.80. The smallest absolute Gasteiger partial charge is 0.176 e. The van der Waals surface area contributed by atoms with Crippen LogP contribution in [0, 0.1) is 0 Å². The number of carbonyl (C=O) groups is 1. The molecule has 72 valence electrons. The highest BCUT2D eigenvalue weighted by Crippen LogP contribution is 2.06. The van der Waals surface area contributed by atoms with Crippen molar-refractivity contribution in [2.75, 3.05) is 11.5 Å². The summed E-state index contributed by atoms with van der Waals surface area (Å²) in [5.41, 5.74) is 0.816. The Hall–Kier alpha value is -0.700. The summed E-state index contributed by atoms with van der Waals surface area (Å²) in [5, 5.41) is 0. The van der Waals surface area contributed by atoms with Gasteiger partial charge >= 0.3 is 0 Å². The fraction of sp³-hybridized carbons (Fsp3) is 0.500. The Labute approximate surface area is 83.3 Å². The van der Waals surface area contributed by atoms with Gasteiger partial charge in [0.15, 0.2) is 5.78 Å². The number of hydrogen-bond acceptors (Lipinski definition) is 2. The van der Waals surface area contributed by atoms with Gasteiger partial charge in [0, 0.05) is 25.4 Å². The lowest BCUT2D eigenvalue weighted by Gasteiger charge is -2.05. The summed E-state index contributed by atoms with van der Waals surface area (Å²) in [6.07, 6.45) is 1.97. The quantitative estimate of drug-likeness (QED) is 0.534. The predicted molar refractivity (Wildman–Crippen MR) is 57.4 cm³/mol. The molecule has 0 aromatic carbocycles. The second-order valence-electron chi connectivity index (χ2n) is 2.84. The summed E-state index contributed by atoms with van der Waals surface area (Å²) in [6.45, 7) is 4.69. The molecule has 1 rings (SSSR count). The van der Waals surface area contributed by atoms with E-state index in [0.717, 1.165) is 23.7 Å². The molecule has 0 N–H and O–H groups in total. The van der Waals surface area contributed by atoms with Crippen molar-refractivity contribution in [2.45, 2.75) is 20.4 Å². The molecule has 0 atom stereocenters. The first-order valence-electron chi connectivity index (χ1n) is 4.49. The number of aryl methyl sites for hydroxylation is 1. The second kappa shape index (κ2) is 5.12. The maximum absolute atomic E-state index is 11.1. The minimum atomic E-state index is 0.145. The van der Waals surface area contributed by atoms with Crippen LogP contribution in [0.1, 0.15) is 24.3 Å². The van der Waals surface area contributed by atoms with E-state index in [4.69, 9.17) is 0 Å². The zero-order valence-corrected chi connectivity index (χ0v) is 8.93. The van der Waals surface area contributed by atoms with Gasteiger partial charge in [-0.25, -0.2) is 0 Å². The molecule has 3 heteroatoms. The molecule has 0 saturated carbocycles. The first kappa shape index (κ1) is 10.4. The molecule has 0 radical (unpaired) electrons. The first-order valence-corrected chi connectivity index (χ1v) is 5.65.